The summed E-state index contributed by atoms with van der Waals surface area (Å²) in [4.78, 5) is 47.4. The Labute approximate surface area is 154 Å². The van der Waals surface area contributed by atoms with Crippen molar-refractivity contribution in [1.82, 2.24) is 15.5 Å². The van der Waals surface area contributed by atoms with Gasteiger partial charge in [-0.15, -0.1) is 0 Å². The third-order valence-corrected chi connectivity index (χ3v) is 3.82. The molecule has 1 fully saturated rings. The van der Waals surface area contributed by atoms with E-state index in [9.17, 15) is 32.3 Å². The van der Waals surface area contributed by atoms with Crippen LogP contribution in [-0.4, -0.2) is 60.5 Å². The number of nitrogens with zero attached hydrogens (tertiary/aromatic N) is 1. The van der Waals surface area contributed by atoms with Crippen LogP contribution in [0.4, 0.5) is 18.0 Å². The summed E-state index contributed by atoms with van der Waals surface area (Å²) in [5.74, 6) is -3.85. The Kier molecular flexibility index (Phi) is 8.26. The standard InChI is InChI=1S/C16H22F3N3O5/c1-3-20-15(26)21-13(24)10(2)27-14(25)11-4-7-22(8-5-11)9-6-12(23)16(17,18)19/h6,9-11H,3-5,7-8H2,1-2H3,(H2,20,21,24,26)/b9-6+. The molecule has 27 heavy (non-hydrogen) atoms. The van der Waals surface area contributed by atoms with Crippen LogP contribution in [0, 0.1) is 5.92 Å². The van der Waals surface area contributed by atoms with Crippen LogP contribution in [0.15, 0.2) is 12.3 Å². The molecule has 1 aliphatic heterocycles. The van der Waals surface area contributed by atoms with Crippen molar-refractivity contribution < 1.29 is 37.1 Å². The van der Waals surface area contributed by atoms with Gasteiger partial charge in [0.1, 0.15) is 0 Å². The molecule has 152 valence electrons. The Balaban J connectivity index is 2.43. The number of alkyl halides is 3. The van der Waals surface area contributed by atoms with Crippen LogP contribution in [0.1, 0.15) is 26.7 Å². The maximum atomic E-state index is 12.1. The quantitative estimate of drug-likeness (QED) is 0.518. The second-order valence-corrected chi connectivity index (χ2v) is 5.92. The molecule has 0 aliphatic carbocycles. The maximum absolute atomic E-state index is 12.1. The van der Waals surface area contributed by atoms with Gasteiger partial charge >= 0.3 is 18.2 Å². The van der Waals surface area contributed by atoms with Gasteiger partial charge in [0, 0.05) is 31.9 Å². The first kappa shape index (κ1) is 22.5. The number of esters is 1. The van der Waals surface area contributed by atoms with Crippen molar-refractivity contribution in [1.29, 1.82) is 0 Å². The molecule has 0 saturated carbocycles. The molecule has 2 N–H and O–H groups in total. The van der Waals surface area contributed by atoms with Crippen LogP contribution in [0.5, 0.6) is 0 Å². The van der Waals surface area contributed by atoms with E-state index < -0.39 is 41.9 Å². The number of likely N-dealkylation sites (tertiary alicyclic amines) is 1. The average Bonchev–Trinajstić information content (AvgIpc) is 2.59. The first-order chi connectivity index (χ1) is 12.5. The molecule has 0 aromatic heterocycles. The number of carbonyl (C=O) groups is 4. The number of hydrogen-bond donors (Lipinski definition) is 2. The number of hydrogen-bond acceptors (Lipinski definition) is 6. The Morgan fingerprint density at radius 2 is 1.81 bits per heavy atom. The van der Waals surface area contributed by atoms with Crippen molar-refractivity contribution >= 4 is 23.7 Å². The van der Waals surface area contributed by atoms with Crippen LogP contribution >= 0.6 is 0 Å². The molecule has 8 nitrogen and oxygen atoms in total. The van der Waals surface area contributed by atoms with E-state index >= 15 is 0 Å². The number of carbonyl (C=O) groups excluding carboxylic acids is 4. The highest BCUT2D eigenvalue weighted by molar-refractivity contribution is 5.97. The van der Waals surface area contributed by atoms with Gasteiger partial charge in [-0.2, -0.15) is 13.2 Å². The first-order valence-corrected chi connectivity index (χ1v) is 8.37. The molecule has 0 bridgehead atoms. The summed E-state index contributed by atoms with van der Waals surface area (Å²) in [7, 11) is 0. The summed E-state index contributed by atoms with van der Waals surface area (Å²) in [6.07, 6.45) is -3.97. The van der Waals surface area contributed by atoms with Gasteiger partial charge in [0.25, 0.3) is 11.7 Å². The molecule has 0 aromatic rings. The number of halogens is 3. The smallest absolute Gasteiger partial charge is 0.452 e. The highest BCUT2D eigenvalue weighted by Crippen LogP contribution is 2.21. The van der Waals surface area contributed by atoms with Crippen LogP contribution in [0.25, 0.3) is 0 Å². The zero-order valence-electron chi connectivity index (χ0n) is 15.0. The van der Waals surface area contributed by atoms with Crippen molar-refractivity contribution in [2.45, 2.75) is 39.0 Å². The molecule has 1 heterocycles. The van der Waals surface area contributed by atoms with Gasteiger partial charge in [0.05, 0.1) is 5.92 Å². The number of urea groups is 1. The third-order valence-electron chi connectivity index (χ3n) is 3.82. The third kappa shape index (κ3) is 7.67. The fraction of sp³-hybridized carbons (Fsp3) is 0.625. The van der Waals surface area contributed by atoms with Gasteiger partial charge in [-0.25, -0.2) is 4.79 Å². The zero-order valence-corrected chi connectivity index (χ0v) is 15.0. The minimum atomic E-state index is -4.91. The van der Waals surface area contributed by atoms with Crippen LogP contribution < -0.4 is 10.6 Å². The number of piperidine rings is 1. The van der Waals surface area contributed by atoms with Crippen molar-refractivity contribution in [3.05, 3.63) is 12.3 Å². The predicted molar refractivity (Wildman–Crippen MR) is 87.3 cm³/mol. The molecule has 0 aromatic carbocycles. The van der Waals surface area contributed by atoms with Crippen LogP contribution in [0.2, 0.25) is 0 Å². The van der Waals surface area contributed by atoms with Gasteiger partial charge in [0.15, 0.2) is 6.10 Å². The van der Waals surface area contributed by atoms with E-state index in [4.69, 9.17) is 4.74 Å². The van der Waals surface area contributed by atoms with Crippen LogP contribution in [0.3, 0.4) is 0 Å². The van der Waals surface area contributed by atoms with E-state index in [1.165, 1.54) is 11.8 Å². The molecule has 1 aliphatic rings. The van der Waals surface area contributed by atoms with E-state index in [-0.39, 0.29) is 13.1 Å². The number of allylic oxidation sites excluding steroid dienone is 1. The molecule has 1 atom stereocenters. The van der Waals surface area contributed by atoms with Gasteiger partial charge in [-0.1, -0.05) is 0 Å². The average molecular weight is 393 g/mol. The van der Waals surface area contributed by atoms with Crippen molar-refractivity contribution in [2.75, 3.05) is 19.6 Å². The van der Waals surface area contributed by atoms with E-state index in [1.807, 2.05) is 5.32 Å². The van der Waals surface area contributed by atoms with Gasteiger partial charge in [-0.05, 0) is 26.7 Å². The largest absolute Gasteiger partial charge is 0.454 e. The number of imide groups is 1. The number of amides is 3. The summed E-state index contributed by atoms with van der Waals surface area (Å²) < 4.78 is 41.5. The van der Waals surface area contributed by atoms with E-state index in [0.29, 0.717) is 25.5 Å². The van der Waals surface area contributed by atoms with Crippen molar-refractivity contribution in [2.24, 2.45) is 5.92 Å². The number of ether oxygens (including phenoxy) is 1. The van der Waals surface area contributed by atoms with E-state index in [0.717, 1.165) is 6.20 Å². The van der Waals surface area contributed by atoms with Crippen molar-refractivity contribution in [3.8, 4) is 0 Å². The highest BCUT2D eigenvalue weighted by atomic mass is 19.4. The monoisotopic (exact) mass is 393 g/mol. The molecule has 1 rings (SSSR count). The maximum Gasteiger partial charge on any atom is 0.454 e. The molecule has 1 saturated heterocycles. The summed E-state index contributed by atoms with van der Waals surface area (Å²) in [6.45, 7) is 3.86. The van der Waals surface area contributed by atoms with Crippen molar-refractivity contribution in [3.63, 3.8) is 0 Å². The second kappa shape index (κ2) is 9.93. The van der Waals surface area contributed by atoms with Gasteiger partial charge in [0.2, 0.25) is 0 Å². The molecular formula is C16H22F3N3O5. The van der Waals surface area contributed by atoms with Crippen LogP contribution in [-0.2, 0) is 19.1 Å². The zero-order chi connectivity index (χ0) is 20.6. The molecule has 11 heteroatoms. The summed E-state index contributed by atoms with van der Waals surface area (Å²) >= 11 is 0. The number of nitrogens with one attached hydrogen (secondary N) is 2. The first-order valence-electron chi connectivity index (χ1n) is 8.37. The Morgan fingerprint density at radius 1 is 1.22 bits per heavy atom. The Morgan fingerprint density at radius 3 is 2.33 bits per heavy atom. The molecular weight excluding hydrogens is 371 g/mol. The topological polar surface area (TPSA) is 105 Å². The molecule has 3 amide bonds. The number of ketones is 1. The lowest BCUT2D eigenvalue weighted by Gasteiger charge is -2.30. The lowest BCUT2D eigenvalue weighted by molar-refractivity contribution is -0.165. The Hall–Kier alpha value is -2.59. The summed E-state index contributed by atoms with van der Waals surface area (Å²) in [5.41, 5.74) is 0. The minimum absolute atomic E-state index is 0.265. The lowest BCUT2D eigenvalue weighted by Crippen LogP contribution is -2.45. The fourth-order valence-corrected chi connectivity index (χ4v) is 2.29. The number of rotatable bonds is 6. The Bertz CT molecular complexity index is 599. The normalized spacial score (nSPS) is 16.7. The van der Waals surface area contributed by atoms with Gasteiger partial charge < -0.3 is 15.0 Å². The minimum Gasteiger partial charge on any atom is -0.452 e. The van der Waals surface area contributed by atoms with E-state index in [2.05, 4.69) is 5.32 Å². The summed E-state index contributed by atoms with van der Waals surface area (Å²) in [6, 6.07) is -0.695. The molecule has 1 unspecified atom stereocenters. The molecule has 0 spiro atoms. The predicted octanol–water partition coefficient (Wildman–Crippen LogP) is 1.12. The lowest BCUT2D eigenvalue weighted by atomic mass is 9.97. The highest BCUT2D eigenvalue weighted by Gasteiger charge is 2.36. The van der Waals surface area contributed by atoms with Gasteiger partial charge in [-0.3, -0.25) is 19.7 Å². The summed E-state index contributed by atoms with van der Waals surface area (Å²) in [5, 5.41) is 4.39. The fourth-order valence-electron chi connectivity index (χ4n) is 2.29. The van der Waals surface area contributed by atoms with E-state index in [1.54, 1.807) is 6.92 Å². The second-order valence-electron chi connectivity index (χ2n) is 5.92. The molecule has 0 radical (unpaired) electrons. The SMILES string of the molecule is CCNC(=O)NC(=O)C(C)OC(=O)C1CCN(/C=C/C(=O)C(F)(F)F)CC1.